The molecule has 6 heteroatoms. The molecular weight excluding hydrogens is 359 g/mol. The van der Waals surface area contributed by atoms with Crippen LogP contribution in [-0.4, -0.2) is 23.7 Å². The third kappa shape index (κ3) is 6.42. The summed E-state index contributed by atoms with van der Waals surface area (Å²) in [7, 11) is 0. The minimum atomic E-state index is -0.810. The summed E-state index contributed by atoms with van der Waals surface area (Å²) in [5.74, 6) is -0.674. The van der Waals surface area contributed by atoms with E-state index in [0.717, 1.165) is 9.26 Å². The van der Waals surface area contributed by atoms with E-state index in [9.17, 15) is 9.59 Å². The largest absolute Gasteiger partial charge is 0.481 e. The van der Waals surface area contributed by atoms with E-state index < -0.39 is 5.97 Å². The predicted octanol–water partition coefficient (Wildman–Crippen LogP) is 2.91. The number of carbonyl (C=O) groups is 2. The second-order valence-corrected chi connectivity index (χ2v) is 5.51. The fourth-order valence-electron chi connectivity index (χ4n) is 1.47. The lowest BCUT2D eigenvalue weighted by Crippen LogP contribution is -2.32. The Labute approximate surface area is 125 Å². The standard InChI is InChI=1S/C13H17IN2O3/c1-9(6-7-12(17)18)8-15-13(19)16-11-5-3-2-4-10(11)14/h2-5,9H,6-8H2,1H3,(H,17,18)(H2,15,16,19). The van der Waals surface area contributed by atoms with Crippen LogP contribution in [0.3, 0.4) is 0 Å². The van der Waals surface area contributed by atoms with Crippen LogP contribution >= 0.6 is 22.6 Å². The Morgan fingerprint density at radius 1 is 1.37 bits per heavy atom. The zero-order valence-electron chi connectivity index (χ0n) is 10.6. The number of carboxylic acids is 1. The molecule has 0 fully saturated rings. The summed E-state index contributed by atoms with van der Waals surface area (Å²) in [6.45, 7) is 2.37. The molecule has 19 heavy (non-hydrogen) atoms. The number of para-hydroxylation sites is 1. The van der Waals surface area contributed by atoms with E-state index in [2.05, 4.69) is 33.2 Å². The molecule has 0 aromatic heterocycles. The minimum absolute atomic E-state index is 0.126. The van der Waals surface area contributed by atoms with Crippen LogP contribution in [-0.2, 0) is 4.79 Å². The molecule has 1 unspecified atom stereocenters. The van der Waals surface area contributed by atoms with Gasteiger partial charge >= 0.3 is 12.0 Å². The van der Waals surface area contributed by atoms with Crippen LogP contribution in [0.1, 0.15) is 19.8 Å². The lowest BCUT2D eigenvalue weighted by atomic mass is 10.1. The van der Waals surface area contributed by atoms with Gasteiger partial charge in [-0.05, 0) is 47.1 Å². The van der Waals surface area contributed by atoms with Crippen molar-refractivity contribution in [2.45, 2.75) is 19.8 Å². The van der Waals surface area contributed by atoms with E-state index >= 15 is 0 Å². The summed E-state index contributed by atoms with van der Waals surface area (Å²) in [6, 6.07) is 7.22. The molecule has 0 spiro atoms. The van der Waals surface area contributed by atoms with E-state index in [-0.39, 0.29) is 18.4 Å². The van der Waals surface area contributed by atoms with E-state index in [0.29, 0.717) is 13.0 Å². The number of amides is 2. The SMILES string of the molecule is CC(CCC(=O)O)CNC(=O)Nc1ccccc1I. The smallest absolute Gasteiger partial charge is 0.319 e. The average Bonchev–Trinajstić information content (AvgIpc) is 2.36. The number of carbonyl (C=O) groups excluding carboxylic acids is 1. The van der Waals surface area contributed by atoms with Crippen molar-refractivity contribution in [1.82, 2.24) is 5.32 Å². The highest BCUT2D eigenvalue weighted by Crippen LogP contribution is 2.16. The normalized spacial score (nSPS) is 11.7. The third-order valence-electron chi connectivity index (χ3n) is 2.58. The first kappa shape index (κ1) is 15.7. The van der Waals surface area contributed by atoms with Gasteiger partial charge in [-0.2, -0.15) is 0 Å². The topological polar surface area (TPSA) is 78.4 Å². The molecule has 0 aliphatic carbocycles. The third-order valence-corrected chi connectivity index (χ3v) is 3.52. The maximum absolute atomic E-state index is 11.7. The van der Waals surface area contributed by atoms with Crippen molar-refractivity contribution in [2.24, 2.45) is 5.92 Å². The van der Waals surface area contributed by atoms with Gasteiger partial charge in [0.2, 0.25) is 0 Å². The van der Waals surface area contributed by atoms with Gasteiger partial charge in [0.1, 0.15) is 0 Å². The number of nitrogens with one attached hydrogen (secondary N) is 2. The van der Waals surface area contributed by atoms with Gasteiger partial charge in [0.25, 0.3) is 0 Å². The summed E-state index contributed by atoms with van der Waals surface area (Å²) in [5.41, 5.74) is 0.763. The van der Waals surface area contributed by atoms with Crippen molar-refractivity contribution in [1.29, 1.82) is 0 Å². The van der Waals surface area contributed by atoms with E-state index in [1.807, 2.05) is 31.2 Å². The van der Waals surface area contributed by atoms with Crippen LogP contribution in [0, 0.1) is 9.49 Å². The van der Waals surface area contributed by atoms with Crippen LogP contribution in [0.4, 0.5) is 10.5 Å². The number of hydrogen-bond donors (Lipinski definition) is 3. The molecule has 1 aromatic rings. The summed E-state index contributed by atoms with van der Waals surface area (Å²) in [5, 5.41) is 14.1. The van der Waals surface area contributed by atoms with Crippen LogP contribution < -0.4 is 10.6 Å². The second-order valence-electron chi connectivity index (χ2n) is 4.35. The van der Waals surface area contributed by atoms with Gasteiger partial charge < -0.3 is 15.7 Å². The molecule has 5 nitrogen and oxygen atoms in total. The zero-order valence-corrected chi connectivity index (χ0v) is 12.8. The number of halogens is 1. The van der Waals surface area contributed by atoms with Gasteiger partial charge in [0, 0.05) is 16.5 Å². The summed E-state index contributed by atoms with van der Waals surface area (Å²) in [6.07, 6.45) is 0.680. The Balaban J connectivity index is 2.32. The molecule has 0 saturated carbocycles. The van der Waals surface area contributed by atoms with Gasteiger partial charge in [0.05, 0.1) is 5.69 Å². The molecule has 0 saturated heterocycles. The number of hydrogen-bond acceptors (Lipinski definition) is 2. The summed E-state index contributed by atoms with van der Waals surface area (Å²) in [4.78, 5) is 22.1. The van der Waals surface area contributed by atoms with E-state index in [4.69, 9.17) is 5.11 Å². The Morgan fingerprint density at radius 2 is 2.05 bits per heavy atom. The van der Waals surface area contributed by atoms with Gasteiger partial charge in [-0.15, -0.1) is 0 Å². The number of carboxylic acid groups (broad SMARTS) is 1. The van der Waals surface area contributed by atoms with Crippen LogP contribution in [0.2, 0.25) is 0 Å². The molecular formula is C13H17IN2O3. The van der Waals surface area contributed by atoms with Crippen LogP contribution in [0.5, 0.6) is 0 Å². The Hall–Kier alpha value is -1.31. The number of urea groups is 1. The lowest BCUT2D eigenvalue weighted by molar-refractivity contribution is -0.137. The summed E-state index contributed by atoms with van der Waals surface area (Å²) >= 11 is 2.15. The Kier molecular flexibility index (Phi) is 6.61. The fourth-order valence-corrected chi connectivity index (χ4v) is 1.99. The van der Waals surface area contributed by atoms with Crippen molar-refractivity contribution < 1.29 is 14.7 Å². The van der Waals surface area contributed by atoms with Crippen molar-refractivity contribution in [3.05, 3.63) is 27.8 Å². The molecule has 0 radical (unpaired) electrons. The van der Waals surface area contributed by atoms with Crippen LogP contribution in [0.25, 0.3) is 0 Å². The fraction of sp³-hybridized carbons (Fsp3) is 0.385. The van der Waals surface area contributed by atoms with Crippen molar-refractivity contribution in [3.8, 4) is 0 Å². The quantitative estimate of drug-likeness (QED) is 0.668. The van der Waals surface area contributed by atoms with E-state index in [1.165, 1.54) is 0 Å². The maximum Gasteiger partial charge on any atom is 0.319 e. The average molecular weight is 376 g/mol. The van der Waals surface area contributed by atoms with Crippen molar-refractivity contribution >= 4 is 40.3 Å². The second kappa shape index (κ2) is 7.98. The molecule has 0 bridgehead atoms. The lowest BCUT2D eigenvalue weighted by Gasteiger charge is -2.13. The molecule has 1 rings (SSSR count). The first-order valence-electron chi connectivity index (χ1n) is 6.00. The molecule has 3 N–H and O–H groups in total. The molecule has 1 atom stereocenters. The Bertz CT molecular complexity index is 451. The zero-order chi connectivity index (χ0) is 14.3. The monoisotopic (exact) mass is 376 g/mol. The van der Waals surface area contributed by atoms with Crippen LogP contribution in [0.15, 0.2) is 24.3 Å². The highest BCUT2D eigenvalue weighted by molar-refractivity contribution is 14.1. The first-order chi connectivity index (χ1) is 8.99. The van der Waals surface area contributed by atoms with Crippen molar-refractivity contribution in [3.63, 3.8) is 0 Å². The van der Waals surface area contributed by atoms with Gasteiger partial charge in [0.15, 0.2) is 0 Å². The van der Waals surface area contributed by atoms with Gasteiger partial charge in [-0.3, -0.25) is 4.79 Å². The summed E-state index contributed by atoms with van der Waals surface area (Å²) < 4.78 is 0.967. The number of aliphatic carboxylic acids is 1. The predicted molar refractivity (Wildman–Crippen MR) is 82.2 cm³/mol. The maximum atomic E-state index is 11.7. The first-order valence-corrected chi connectivity index (χ1v) is 7.08. The molecule has 104 valence electrons. The highest BCUT2D eigenvalue weighted by Gasteiger charge is 2.08. The molecule has 1 aromatic carbocycles. The molecule has 0 aliphatic rings. The van der Waals surface area contributed by atoms with Gasteiger partial charge in [-0.1, -0.05) is 19.1 Å². The van der Waals surface area contributed by atoms with Crippen molar-refractivity contribution in [2.75, 3.05) is 11.9 Å². The highest BCUT2D eigenvalue weighted by atomic mass is 127. The van der Waals surface area contributed by atoms with E-state index in [1.54, 1.807) is 0 Å². The number of anilines is 1. The number of benzene rings is 1. The number of rotatable bonds is 6. The molecule has 0 heterocycles. The van der Waals surface area contributed by atoms with Gasteiger partial charge in [-0.25, -0.2) is 4.79 Å². The Morgan fingerprint density at radius 3 is 2.68 bits per heavy atom. The molecule has 0 aliphatic heterocycles. The molecule has 2 amide bonds. The minimum Gasteiger partial charge on any atom is -0.481 e.